The quantitative estimate of drug-likeness (QED) is 0.735. The van der Waals surface area contributed by atoms with Crippen molar-refractivity contribution in [2.75, 3.05) is 12.8 Å². The summed E-state index contributed by atoms with van der Waals surface area (Å²) >= 11 is 1.92. The molecule has 0 aromatic carbocycles. The molecule has 1 saturated carbocycles. The van der Waals surface area contributed by atoms with E-state index in [4.69, 9.17) is 0 Å². The normalized spacial score (nSPS) is 24.2. The molecule has 1 aliphatic rings. The van der Waals surface area contributed by atoms with E-state index in [2.05, 4.69) is 30.7 Å². The number of hydrogen-bond donors (Lipinski definition) is 2. The summed E-state index contributed by atoms with van der Waals surface area (Å²) in [6, 6.07) is 0.863. The Bertz CT molecular complexity index is 231. The largest absolute Gasteiger partial charge is 0.352 e. The van der Waals surface area contributed by atoms with Crippen molar-refractivity contribution in [2.24, 2.45) is 0 Å². The van der Waals surface area contributed by atoms with Gasteiger partial charge >= 0.3 is 0 Å². The lowest BCUT2D eigenvalue weighted by Gasteiger charge is -2.20. The molecule has 2 atom stereocenters. The zero-order valence-electron chi connectivity index (χ0n) is 11.3. The molecule has 1 aliphatic carbocycles. The minimum atomic E-state index is 0.144. The second kappa shape index (κ2) is 7.98. The minimum absolute atomic E-state index is 0.144. The van der Waals surface area contributed by atoms with Crippen molar-refractivity contribution in [3.8, 4) is 0 Å². The number of nitrogens with one attached hydrogen (secondary N) is 2. The summed E-state index contributed by atoms with van der Waals surface area (Å²) in [6.07, 6.45) is 7.97. The fourth-order valence-corrected chi connectivity index (χ4v) is 3.40. The van der Waals surface area contributed by atoms with Gasteiger partial charge in [0.05, 0.1) is 6.54 Å². The van der Waals surface area contributed by atoms with Crippen LogP contribution in [0.4, 0.5) is 0 Å². The van der Waals surface area contributed by atoms with Crippen molar-refractivity contribution in [1.82, 2.24) is 10.6 Å². The Labute approximate surface area is 109 Å². The maximum Gasteiger partial charge on any atom is 0.234 e. The molecule has 1 fully saturated rings. The second-order valence-electron chi connectivity index (χ2n) is 4.77. The van der Waals surface area contributed by atoms with Gasteiger partial charge in [0.25, 0.3) is 0 Å². The van der Waals surface area contributed by atoms with E-state index in [0.29, 0.717) is 23.9 Å². The molecule has 0 spiro atoms. The van der Waals surface area contributed by atoms with Crippen molar-refractivity contribution in [2.45, 2.75) is 63.3 Å². The molecule has 1 rings (SSSR count). The zero-order valence-corrected chi connectivity index (χ0v) is 12.1. The molecule has 2 N–H and O–H groups in total. The van der Waals surface area contributed by atoms with E-state index >= 15 is 0 Å². The average molecular weight is 258 g/mol. The van der Waals surface area contributed by atoms with Crippen LogP contribution in [0.5, 0.6) is 0 Å². The predicted octanol–water partition coefficient (Wildman–Crippen LogP) is 2.16. The summed E-state index contributed by atoms with van der Waals surface area (Å²) in [4.78, 5) is 11.7. The molecule has 0 aromatic heterocycles. The molecule has 0 aliphatic heterocycles. The summed E-state index contributed by atoms with van der Waals surface area (Å²) in [5.41, 5.74) is 0. The molecule has 17 heavy (non-hydrogen) atoms. The lowest BCUT2D eigenvalue weighted by molar-refractivity contribution is -0.121. The molecule has 0 radical (unpaired) electrons. The zero-order chi connectivity index (χ0) is 12.7. The Morgan fingerprint density at radius 2 is 2.06 bits per heavy atom. The second-order valence-corrected chi connectivity index (χ2v) is 5.85. The van der Waals surface area contributed by atoms with E-state index in [0.717, 1.165) is 12.8 Å². The van der Waals surface area contributed by atoms with Crippen LogP contribution in [-0.2, 0) is 4.79 Å². The third-order valence-electron chi connectivity index (χ3n) is 3.63. The minimum Gasteiger partial charge on any atom is -0.352 e. The molecule has 0 heterocycles. The first-order valence-electron chi connectivity index (χ1n) is 6.76. The Morgan fingerprint density at radius 3 is 2.65 bits per heavy atom. The number of rotatable bonds is 7. The van der Waals surface area contributed by atoms with Crippen LogP contribution in [0, 0.1) is 0 Å². The van der Waals surface area contributed by atoms with Crippen LogP contribution in [0.15, 0.2) is 0 Å². The lowest BCUT2D eigenvalue weighted by atomic mass is 10.2. The van der Waals surface area contributed by atoms with Gasteiger partial charge in [-0.05, 0) is 31.9 Å². The van der Waals surface area contributed by atoms with Crippen molar-refractivity contribution in [3.05, 3.63) is 0 Å². The molecule has 0 aromatic rings. The van der Waals surface area contributed by atoms with E-state index in [-0.39, 0.29) is 5.91 Å². The third-order valence-corrected chi connectivity index (χ3v) is 4.80. The highest BCUT2D eigenvalue weighted by molar-refractivity contribution is 7.99. The summed E-state index contributed by atoms with van der Waals surface area (Å²) in [6.45, 7) is 4.70. The Hall–Kier alpha value is -0.220. The summed E-state index contributed by atoms with van der Waals surface area (Å²) in [5, 5.41) is 7.16. The van der Waals surface area contributed by atoms with E-state index in [1.807, 2.05) is 11.8 Å². The Kier molecular flexibility index (Phi) is 6.97. The molecular weight excluding hydrogens is 232 g/mol. The highest BCUT2D eigenvalue weighted by Gasteiger charge is 2.26. The van der Waals surface area contributed by atoms with Crippen LogP contribution >= 0.6 is 11.8 Å². The SMILES string of the molecule is CCC(CC)NC(=O)CNC1CCCC1SC. The topological polar surface area (TPSA) is 41.1 Å². The smallest absolute Gasteiger partial charge is 0.234 e. The molecule has 0 saturated heterocycles. The molecule has 4 heteroatoms. The first-order chi connectivity index (χ1) is 8.21. The molecule has 0 bridgehead atoms. The van der Waals surface area contributed by atoms with E-state index in [1.165, 1.54) is 19.3 Å². The molecule has 3 nitrogen and oxygen atoms in total. The number of amides is 1. The van der Waals surface area contributed by atoms with Crippen LogP contribution < -0.4 is 10.6 Å². The van der Waals surface area contributed by atoms with Crippen molar-refractivity contribution < 1.29 is 4.79 Å². The average Bonchev–Trinajstić information content (AvgIpc) is 2.80. The maximum absolute atomic E-state index is 11.7. The van der Waals surface area contributed by atoms with E-state index in [9.17, 15) is 4.79 Å². The van der Waals surface area contributed by atoms with Gasteiger partial charge in [-0.3, -0.25) is 4.79 Å². The fourth-order valence-electron chi connectivity index (χ4n) is 2.44. The molecule has 2 unspecified atom stereocenters. The number of carbonyl (C=O) groups is 1. The van der Waals surface area contributed by atoms with Crippen molar-refractivity contribution >= 4 is 17.7 Å². The van der Waals surface area contributed by atoms with Crippen molar-refractivity contribution in [3.63, 3.8) is 0 Å². The van der Waals surface area contributed by atoms with Gasteiger partial charge in [0.1, 0.15) is 0 Å². The molecular formula is C13H26N2OS. The van der Waals surface area contributed by atoms with E-state index in [1.54, 1.807) is 0 Å². The van der Waals surface area contributed by atoms with Crippen molar-refractivity contribution in [1.29, 1.82) is 0 Å². The van der Waals surface area contributed by atoms with Gasteiger partial charge in [0, 0.05) is 17.3 Å². The van der Waals surface area contributed by atoms with Crippen LogP contribution in [-0.4, -0.2) is 36.0 Å². The van der Waals surface area contributed by atoms with Crippen LogP contribution in [0.1, 0.15) is 46.0 Å². The number of thioether (sulfide) groups is 1. The fraction of sp³-hybridized carbons (Fsp3) is 0.923. The van der Waals surface area contributed by atoms with E-state index < -0.39 is 0 Å². The standard InChI is InChI=1S/C13H26N2OS/c1-4-10(5-2)15-13(16)9-14-11-7-6-8-12(11)17-3/h10-12,14H,4-9H2,1-3H3,(H,15,16). The van der Waals surface area contributed by atoms with Gasteiger partial charge in [-0.1, -0.05) is 20.3 Å². The maximum atomic E-state index is 11.7. The third kappa shape index (κ3) is 4.88. The molecule has 1 amide bonds. The van der Waals surface area contributed by atoms with Gasteiger partial charge in [-0.2, -0.15) is 11.8 Å². The summed E-state index contributed by atoms with van der Waals surface area (Å²) in [7, 11) is 0. The highest BCUT2D eigenvalue weighted by Crippen LogP contribution is 2.28. The lowest BCUT2D eigenvalue weighted by Crippen LogP contribution is -2.44. The number of hydrogen-bond acceptors (Lipinski definition) is 3. The number of carbonyl (C=O) groups excluding carboxylic acids is 1. The van der Waals surface area contributed by atoms with Gasteiger partial charge < -0.3 is 10.6 Å². The summed E-state index contributed by atoms with van der Waals surface area (Å²) < 4.78 is 0. The Morgan fingerprint density at radius 1 is 1.35 bits per heavy atom. The van der Waals surface area contributed by atoms with Crippen LogP contribution in [0.3, 0.4) is 0 Å². The van der Waals surface area contributed by atoms with Gasteiger partial charge in [-0.15, -0.1) is 0 Å². The Balaban J connectivity index is 2.23. The predicted molar refractivity (Wildman–Crippen MR) is 75.5 cm³/mol. The van der Waals surface area contributed by atoms with Gasteiger partial charge in [0.2, 0.25) is 5.91 Å². The monoisotopic (exact) mass is 258 g/mol. The first-order valence-corrected chi connectivity index (χ1v) is 8.05. The van der Waals surface area contributed by atoms with Gasteiger partial charge in [0.15, 0.2) is 0 Å². The van der Waals surface area contributed by atoms with Crippen LogP contribution in [0.2, 0.25) is 0 Å². The van der Waals surface area contributed by atoms with Crippen LogP contribution in [0.25, 0.3) is 0 Å². The molecule has 100 valence electrons. The summed E-state index contributed by atoms with van der Waals surface area (Å²) in [5.74, 6) is 0.144. The van der Waals surface area contributed by atoms with Gasteiger partial charge in [-0.25, -0.2) is 0 Å². The highest BCUT2D eigenvalue weighted by atomic mass is 32.2. The first kappa shape index (κ1) is 14.8.